The first-order chi connectivity index (χ1) is 8.08. The van der Waals surface area contributed by atoms with Gasteiger partial charge in [-0.15, -0.1) is 0 Å². The standard InChI is InChI=1S/C12H15NO4/c1-8-5-6-9(13(15)16)12(7-8)17-11-4-2-3-10(11)14/h5-7,10-11,14H,2-4H2,1H3. The van der Waals surface area contributed by atoms with E-state index in [9.17, 15) is 15.2 Å². The van der Waals surface area contributed by atoms with Crippen molar-refractivity contribution in [2.75, 3.05) is 0 Å². The zero-order valence-corrected chi connectivity index (χ0v) is 9.63. The second-order valence-corrected chi connectivity index (χ2v) is 4.38. The second-order valence-electron chi connectivity index (χ2n) is 4.38. The highest BCUT2D eigenvalue weighted by Gasteiger charge is 2.29. The molecule has 5 heteroatoms. The Balaban J connectivity index is 2.24. The number of nitrogens with zero attached hydrogens (tertiary/aromatic N) is 1. The van der Waals surface area contributed by atoms with Gasteiger partial charge in [0.1, 0.15) is 6.10 Å². The summed E-state index contributed by atoms with van der Waals surface area (Å²) in [4.78, 5) is 10.4. The Morgan fingerprint density at radius 1 is 1.47 bits per heavy atom. The minimum Gasteiger partial charge on any atom is -0.481 e. The monoisotopic (exact) mass is 237 g/mol. The van der Waals surface area contributed by atoms with E-state index in [4.69, 9.17) is 4.74 Å². The Morgan fingerprint density at radius 3 is 2.82 bits per heavy atom. The van der Waals surface area contributed by atoms with E-state index in [1.807, 2.05) is 6.92 Å². The molecule has 0 radical (unpaired) electrons. The molecule has 0 saturated heterocycles. The van der Waals surface area contributed by atoms with Crippen LogP contribution in [0.1, 0.15) is 24.8 Å². The maximum Gasteiger partial charge on any atom is 0.310 e. The third kappa shape index (κ3) is 2.55. The molecule has 0 spiro atoms. The number of aliphatic hydroxyl groups is 1. The average Bonchev–Trinajstić information content (AvgIpc) is 2.64. The third-order valence-electron chi connectivity index (χ3n) is 3.01. The fraction of sp³-hybridized carbons (Fsp3) is 0.500. The number of rotatable bonds is 3. The van der Waals surface area contributed by atoms with Crippen molar-refractivity contribution >= 4 is 5.69 Å². The van der Waals surface area contributed by atoms with Crippen molar-refractivity contribution in [3.8, 4) is 5.75 Å². The van der Waals surface area contributed by atoms with E-state index < -0.39 is 11.0 Å². The van der Waals surface area contributed by atoms with Crippen LogP contribution in [0.3, 0.4) is 0 Å². The van der Waals surface area contributed by atoms with Crippen molar-refractivity contribution in [3.63, 3.8) is 0 Å². The van der Waals surface area contributed by atoms with Gasteiger partial charge in [0, 0.05) is 6.07 Å². The van der Waals surface area contributed by atoms with Gasteiger partial charge in [0.25, 0.3) is 0 Å². The van der Waals surface area contributed by atoms with Gasteiger partial charge in [0.15, 0.2) is 5.75 Å². The van der Waals surface area contributed by atoms with E-state index in [2.05, 4.69) is 0 Å². The molecule has 0 amide bonds. The van der Waals surface area contributed by atoms with E-state index >= 15 is 0 Å². The fourth-order valence-electron chi connectivity index (χ4n) is 2.07. The summed E-state index contributed by atoms with van der Waals surface area (Å²) >= 11 is 0. The van der Waals surface area contributed by atoms with Crippen molar-refractivity contribution in [1.82, 2.24) is 0 Å². The molecule has 1 aromatic rings. The van der Waals surface area contributed by atoms with Crippen LogP contribution < -0.4 is 4.74 Å². The maximum atomic E-state index is 10.9. The highest BCUT2D eigenvalue weighted by molar-refractivity contribution is 5.48. The van der Waals surface area contributed by atoms with E-state index in [1.54, 1.807) is 12.1 Å². The summed E-state index contributed by atoms with van der Waals surface area (Å²) in [5.74, 6) is 0.251. The third-order valence-corrected chi connectivity index (χ3v) is 3.01. The van der Waals surface area contributed by atoms with Crippen LogP contribution in [0.15, 0.2) is 18.2 Å². The SMILES string of the molecule is Cc1ccc([N+](=O)[O-])c(OC2CCCC2O)c1. The van der Waals surface area contributed by atoms with E-state index in [-0.39, 0.29) is 17.5 Å². The highest BCUT2D eigenvalue weighted by atomic mass is 16.6. The van der Waals surface area contributed by atoms with Gasteiger partial charge in [0.05, 0.1) is 11.0 Å². The number of ether oxygens (including phenoxy) is 1. The lowest BCUT2D eigenvalue weighted by molar-refractivity contribution is -0.386. The summed E-state index contributed by atoms with van der Waals surface area (Å²) < 4.78 is 5.57. The molecule has 92 valence electrons. The molecule has 2 atom stereocenters. The molecule has 1 aliphatic carbocycles. The lowest BCUT2D eigenvalue weighted by Crippen LogP contribution is -2.25. The Bertz CT molecular complexity index is 433. The van der Waals surface area contributed by atoms with Crippen molar-refractivity contribution < 1.29 is 14.8 Å². The largest absolute Gasteiger partial charge is 0.481 e. The lowest BCUT2D eigenvalue weighted by Gasteiger charge is -2.17. The van der Waals surface area contributed by atoms with Gasteiger partial charge in [-0.1, -0.05) is 6.07 Å². The molecule has 0 heterocycles. The average molecular weight is 237 g/mol. The number of hydrogen-bond acceptors (Lipinski definition) is 4. The topological polar surface area (TPSA) is 72.6 Å². The van der Waals surface area contributed by atoms with Gasteiger partial charge in [-0.25, -0.2) is 0 Å². The molecule has 1 aliphatic rings. The molecule has 0 aromatic heterocycles. The van der Waals surface area contributed by atoms with Crippen LogP contribution >= 0.6 is 0 Å². The van der Waals surface area contributed by atoms with E-state index in [0.717, 1.165) is 18.4 Å². The fourth-order valence-corrected chi connectivity index (χ4v) is 2.07. The van der Waals surface area contributed by atoms with Gasteiger partial charge in [-0.05, 0) is 37.8 Å². The number of aliphatic hydroxyl groups excluding tert-OH is 1. The number of benzene rings is 1. The molecule has 1 fully saturated rings. The summed E-state index contributed by atoms with van der Waals surface area (Å²) in [5, 5.41) is 20.5. The molecule has 1 aromatic carbocycles. The number of aryl methyl sites for hydroxylation is 1. The predicted molar refractivity (Wildman–Crippen MR) is 62.1 cm³/mol. The summed E-state index contributed by atoms with van der Waals surface area (Å²) in [6, 6.07) is 4.76. The second kappa shape index (κ2) is 4.71. The van der Waals surface area contributed by atoms with Crippen molar-refractivity contribution in [3.05, 3.63) is 33.9 Å². The summed E-state index contributed by atoms with van der Waals surface area (Å²) in [5.41, 5.74) is 0.854. The van der Waals surface area contributed by atoms with Crippen LogP contribution in [0.5, 0.6) is 5.75 Å². The quantitative estimate of drug-likeness (QED) is 0.646. The lowest BCUT2D eigenvalue weighted by atomic mass is 10.2. The number of nitro benzene ring substituents is 1. The van der Waals surface area contributed by atoms with Gasteiger partial charge < -0.3 is 9.84 Å². The molecule has 2 rings (SSSR count). The molecular formula is C12H15NO4. The van der Waals surface area contributed by atoms with Crippen LogP contribution in [0.25, 0.3) is 0 Å². The molecule has 5 nitrogen and oxygen atoms in total. The van der Waals surface area contributed by atoms with Gasteiger partial charge in [-0.2, -0.15) is 0 Å². The van der Waals surface area contributed by atoms with E-state index in [0.29, 0.717) is 6.42 Å². The minimum absolute atomic E-state index is 0.0466. The van der Waals surface area contributed by atoms with Gasteiger partial charge >= 0.3 is 5.69 Å². The first-order valence-electron chi connectivity index (χ1n) is 5.67. The Kier molecular flexibility index (Phi) is 3.28. The van der Waals surface area contributed by atoms with Gasteiger partial charge in [0.2, 0.25) is 0 Å². The summed E-state index contributed by atoms with van der Waals surface area (Å²) in [7, 11) is 0. The van der Waals surface area contributed by atoms with E-state index in [1.165, 1.54) is 6.07 Å². The highest BCUT2D eigenvalue weighted by Crippen LogP contribution is 2.32. The molecular weight excluding hydrogens is 222 g/mol. The zero-order chi connectivity index (χ0) is 12.4. The van der Waals surface area contributed by atoms with Crippen molar-refractivity contribution in [2.24, 2.45) is 0 Å². The smallest absolute Gasteiger partial charge is 0.310 e. The Hall–Kier alpha value is -1.62. The summed E-state index contributed by atoms with van der Waals surface area (Å²) in [6.45, 7) is 1.85. The number of nitro groups is 1. The van der Waals surface area contributed by atoms with Crippen molar-refractivity contribution in [1.29, 1.82) is 0 Å². The van der Waals surface area contributed by atoms with Crippen molar-refractivity contribution in [2.45, 2.75) is 38.4 Å². The molecule has 1 N–H and O–H groups in total. The Morgan fingerprint density at radius 2 is 2.24 bits per heavy atom. The Labute approximate surface area is 99.2 Å². The predicted octanol–water partition coefficient (Wildman–Crippen LogP) is 2.20. The zero-order valence-electron chi connectivity index (χ0n) is 9.63. The first-order valence-corrected chi connectivity index (χ1v) is 5.67. The molecule has 0 bridgehead atoms. The molecule has 2 unspecified atom stereocenters. The minimum atomic E-state index is -0.518. The van der Waals surface area contributed by atoms with Crippen LogP contribution in [0, 0.1) is 17.0 Å². The molecule has 1 saturated carbocycles. The normalized spacial score (nSPS) is 23.6. The van der Waals surface area contributed by atoms with Crippen LogP contribution in [-0.2, 0) is 0 Å². The van der Waals surface area contributed by atoms with Crippen LogP contribution in [0.4, 0.5) is 5.69 Å². The first kappa shape index (κ1) is 11.9. The maximum absolute atomic E-state index is 10.9. The molecule has 0 aliphatic heterocycles. The van der Waals surface area contributed by atoms with Gasteiger partial charge in [-0.3, -0.25) is 10.1 Å². The molecule has 17 heavy (non-hydrogen) atoms. The number of hydrogen-bond donors (Lipinski definition) is 1. The summed E-state index contributed by atoms with van der Waals surface area (Å²) in [6.07, 6.45) is 1.49. The van der Waals surface area contributed by atoms with Crippen LogP contribution in [-0.4, -0.2) is 22.2 Å². The van der Waals surface area contributed by atoms with Crippen LogP contribution in [0.2, 0.25) is 0 Å².